The molecule has 0 radical (unpaired) electrons. The van der Waals surface area contributed by atoms with Gasteiger partial charge in [-0.15, -0.1) is 0 Å². The lowest BCUT2D eigenvalue weighted by molar-refractivity contribution is -0.677. The highest BCUT2D eigenvalue weighted by molar-refractivity contribution is 6.18. The van der Waals surface area contributed by atoms with Gasteiger partial charge in [-0.2, -0.15) is 0 Å². The predicted octanol–water partition coefficient (Wildman–Crippen LogP) is -0.220. The molecule has 3 aliphatic heterocycles. The SMILES string of the molecule is Cc1c[n+]2c(n1CCCN1CCC(C(N)=O)CC1)N=C1C2C(=O)N(C)C(=O)N1C. The van der Waals surface area contributed by atoms with E-state index in [1.54, 1.807) is 7.05 Å². The van der Waals surface area contributed by atoms with Crippen molar-refractivity contribution in [3.63, 3.8) is 0 Å². The smallest absolute Gasteiger partial charge is 0.369 e. The number of nitrogens with two attached hydrogens (primary N) is 1. The topological polar surface area (TPSA) is 108 Å². The second-order valence-electron chi connectivity index (χ2n) is 8.11. The van der Waals surface area contributed by atoms with Crippen LogP contribution in [0.5, 0.6) is 0 Å². The van der Waals surface area contributed by atoms with Crippen molar-refractivity contribution >= 4 is 29.6 Å². The molecule has 1 atom stereocenters. The van der Waals surface area contributed by atoms with Crippen LogP contribution in [0.2, 0.25) is 0 Å². The van der Waals surface area contributed by atoms with Crippen molar-refractivity contribution < 1.29 is 19.0 Å². The van der Waals surface area contributed by atoms with Gasteiger partial charge in [-0.25, -0.2) is 13.9 Å². The minimum atomic E-state index is -0.578. The Morgan fingerprint density at radius 1 is 1.21 bits per heavy atom. The number of imidazole rings is 1. The summed E-state index contributed by atoms with van der Waals surface area (Å²) in [4.78, 5) is 45.8. The Kier molecular flexibility index (Phi) is 4.89. The van der Waals surface area contributed by atoms with E-state index in [4.69, 9.17) is 5.73 Å². The van der Waals surface area contributed by atoms with Crippen LogP contribution in [0, 0.1) is 12.8 Å². The van der Waals surface area contributed by atoms with Crippen molar-refractivity contribution in [1.82, 2.24) is 19.3 Å². The number of carbonyl (C=O) groups excluding carboxylic acids is 3. The molecular weight excluding hydrogens is 374 g/mol. The molecule has 29 heavy (non-hydrogen) atoms. The molecule has 10 nitrogen and oxygen atoms in total. The van der Waals surface area contributed by atoms with E-state index in [9.17, 15) is 14.4 Å². The first-order valence-electron chi connectivity index (χ1n) is 10.1. The average molecular weight is 402 g/mol. The highest BCUT2D eigenvalue weighted by Crippen LogP contribution is 2.28. The number of primary amides is 1. The van der Waals surface area contributed by atoms with E-state index >= 15 is 0 Å². The van der Waals surface area contributed by atoms with E-state index in [1.165, 1.54) is 11.9 Å². The van der Waals surface area contributed by atoms with Crippen molar-refractivity contribution in [2.24, 2.45) is 16.6 Å². The van der Waals surface area contributed by atoms with Gasteiger partial charge in [0.25, 0.3) is 5.91 Å². The summed E-state index contributed by atoms with van der Waals surface area (Å²) in [6.07, 6.45) is 4.52. The lowest BCUT2D eigenvalue weighted by Crippen LogP contribution is -2.61. The highest BCUT2D eigenvalue weighted by atomic mass is 16.2. The molecule has 2 fully saturated rings. The number of likely N-dealkylation sites (N-methyl/N-ethyl adjacent to an activating group) is 2. The zero-order valence-electron chi connectivity index (χ0n) is 17.2. The quantitative estimate of drug-likeness (QED) is 0.687. The fraction of sp³-hybridized carbons (Fsp3) is 0.632. The zero-order chi connectivity index (χ0) is 20.9. The number of carbonyl (C=O) groups is 3. The van der Waals surface area contributed by atoms with Gasteiger partial charge in [-0.1, -0.05) is 4.99 Å². The fourth-order valence-electron chi connectivity index (χ4n) is 4.48. The Labute approximate surface area is 169 Å². The lowest BCUT2D eigenvalue weighted by atomic mass is 9.96. The number of likely N-dealkylation sites (tertiary alicyclic amines) is 1. The molecule has 1 aromatic rings. The molecule has 0 aliphatic carbocycles. The molecule has 0 aromatic carbocycles. The molecule has 4 heterocycles. The number of hydrogen-bond acceptors (Lipinski definition) is 5. The standard InChI is InChI=1S/C19H27N7O3/c1-12-11-26-14-16(22(2)19(29)23(3)17(14)28)21-18(26)25(12)8-4-7-24-9-5-13(6-10-24)15(20)27/h11,13-14H,4-10H2,1-3H3,(H-,20,27)/p+1. The number of imide groups is 1. The number of rotatable bonds is 5. The Morgan fingerprint density at radius 2 is 1.90 bits per heavy atom. The molecule has 0 saturated carbocycles. The number of aliphatic imine (C=N–C) groups is 1. The molecule has 1 aromatic heterocycles. The molecule has 4 amide bonds. The van der Waals surface area contributed by atoms with Crippen molar-refractivity contribution in [3.05, 3.63) is 11.9 Å². The largest absolute Gasteiger partial charge is 0.401 e. The number of hydrogen-bond donors (Lipinski definition) is 1. The van der Waals surface area contributed by atoms with Crippen LogP contribution >= 0.6 is 0 Å². The Hall–Kier alpha value is -2.75. The molecule has 0 bridgehead atoms. The van der Waals surface area contributed by atoms with Gasteiger partial charge in [0.15, 0.2) is 0 Å². The van der Waals surface area contributed by atoms with E-state index in [-0.39, 0.29) is 23.8 Å². The minimum Gasteiger partial charge on any atom is -0.369 e. The second-order valence-corrected chi connectivity index (χ2v) is 8.11. The third kappa shape index (κ3) is 3.21. The summed E-state index contributed by atoms with van der Waals surface area (Å²) in [5.74, 6) is 0.746. The number of aromatic nitrogens is 2. The van der Waals surface area contributed by atoms with Crippen molar-refractivity contribution in [1.29, 1.82) is 0 Å². The van der Waals surface area contributed by atoms with Crippen molar-refractivity contribution in [2.75, 3.05) is 33.7 Å². The Balaban J connectivity index is 1.44. The predicted molar refractivity (Wildman–Crippen MR) is 104 cm³/mol. The maximum Gasteiger partial charge on any atom is 0.401 e. The van der Waals surface area contributed by atoms with E-state index in [1.807, 2.05) is 17.7 Å². The normalized spacial score (nSPS) is 22.7. The van der Waals surface area contributed by atoms with Gasteiger partial charge in [0.2, 0.25) is 17.8 Å². The fourth-order valence-corrected chi connectivity index (χ4v) is 4.48. The van der Waals surface area contributed by atoms with E-state index in [2.05, 4.69) is 14.5 Å². The van der Waals surface area contributed by atoms with Crippen LogP contribution in [0.25, 0.3) is 0 Å². The van der Waals surface area contributed by atoms with Gasteiger partial charge in [0, 0.05) is 26.6 Å². The van der Waals surface area contributed by atoms with E-state index in [0.29, 0.717) is 11.8 Å². The molecule has 2 saturated heterocycles. The molecule has 2 N–H and O–H groups in total. The average Bonchev–Trinajstić information content (AvgIpc) is 3.21. The number of urea groups is 1. The zero-order valence-corrected chi connectivity index (χ0v) is 17.2. The molecule has 156 valence electrons. The third-order valence-corrected chi connectivity index (χ3v) is 6.29. The highest BCUT2D eigenvalue weighted by Gasteiger charge is 2.52. The maximum absolute atomic E-state index is 12.7. The van der Waals surface area contributed by atoms with Crippen molar-refractivity contribution in [2.45, 2.75) is 38.8 Å². The summed E-state index contributed by atoms with van der Waals surface area (Å²) in [5.41, 5.74) is 6.44. The summed E-state index contributed by atoms with van der Waals surface area (Å²) >= 11 is 0. The van der Waals surface area contributed by atoms with Crippen LogP contribution < -0.4 is 10.3 Å². The van der Waals surface area contributed by atoms with Crippen LogP contribution in [0.3, 0.4) is 0 Å². The van der Waals surface area contributed by atoms with Crippen LogP contribution in [0.4, 0.5) is 10.7 Å². The number of fused-ring (bicyclic) bond motifs is 3. The lowest BCUT2D eigenvalue weighted by Gasteiger charge is -2.30. The monoisotopic (exact) mass is 402 g/mol. The van der Waals surface area contributed by atoms with E-state index in [0.717, 1.165) is 56.0 Å². The molecule has 4 rings (SSSR count). The number of amides is 4. The van der Waals surface area contributed by atoms with Crippen LogP contribution in [-0.4, -0.2) is 76.7 Å². The van der Waals surface area contributed by atoms with Crippen molar-refractivity contribution in [3.8, 4) is 0 Å². The van der Waals surface area contributed by atoms with Crippen LogP contribution in [0.15, 0.2) is 11.2 Å². The van der Waals surface area contributed by atoms with Gasteiger partial charge in [0.1, 0.15) is 11.9 Å². The van der Waals surface area contributed by atoms with Gasteiger partial charge in [-0.05, 0) is 39.3 Å². The molecular formula is C19H28N7O3+. The Morgan fingerprint density at radius 3 is 2.55 bits per heavy atom. The molecule has 0 spiro atoms. The van der Waals surface area contributed by atoms with E-state index < -0.39 is 6.04 Å². The first-order chi connectivity index (χ1) is 13.8. The number of amidine groups is 1. The van der Waals surface area contributed by atoms with Gasteiger partial charge in [0.05, 0.1) is 6.54 Å². The summed E-state index contributed by atoms with van der Waals surface area (Å²) in [5, 5.41) is 0. The van der Waals surface area contributed by atoms with Gasteiger partial charge in [-0.3, -0.25) is 19.4 Å². The molecule has 1 unspecified atom stereocenters. The third-order valence-electron chi connectivity index (χ3n) is 6.29. The van der Waals surface area contributed by atoms with Gasteiger partial charge >= 0.3 is 12.0 Å². The van der Waals surface area contributed by atoms with Crippen LogP contribution in [-0.2, 0) is 16.1 Å². The van der Waals surface area contributed by atoms with Crippen LogP contribution in [0.1, 0.15) is 31.0 Å². The Bertz CT molecular complexity index is 898. The first-order valence-corrected chi connectivity index (χ1v) is 10.1. The summed E-state index contributed by atoms with van der Waals surface area (Å²) in [6.45, 7) is 5.49. The minimum absolute atomic E-state index is 0.00662. The summed E-state index contributed by atoms with van der Waals surface area (Å²) < 4.78 is 3.97. The van der Waals surface area contributed by atoms with Gasteiger partial charge < -0.3 is 10.6 Å². The maximum atomic E-state index is 12.7. The molecule has 10 heteroatoms. The second kappa shape index (κ2) is 7.25. The number of aryl methyl sites for hydroxylation is 1. The first kappa shape index (κ1) is 19.6. The summed E-state index contributed by atoms with van der Waals surface area (Å²) in [7, 11) is 3.15. The molecule has 3 aliphatic rings. The number of nitrogens with zero attached hydrogens (tertiary/aromatic N) is 6. The summed E-state index contributed by atoms with van der Waals surface area (Å²) in [6, 6.07) is -0.941. The number of piperidine rings is 1.